The standard InChI is InChI=1S/C48H58N8O7.H2S/c1-27-22-40(60)43(31-12-16-41(63-21-20-51)35(25-31)34-23-29(9-15-37(34)57)24-36(54-46(27)61)38(58)8-7-18-49)56(6)47(62)32(17-19-50)26-39(59)42-28(2)53-45(55-44(42)52)30-10-13-33(14-11-30)48(3,4)5;/h9-16,23,25,27,32,36,43,57H,7-8,17,19-22,24,26,50-51H2,1-6H3,(H,54,61)(H2,52,53,55);1H2/t27-,32-,36+,43+;/m1./s1. The van der Waals surface area contributed by atoms with Gasteiger partial charge in [-0.25, -0.2) is 9.97 Å². The molecule has 0 saturated heterocycles. The Balaban J connectivity index is 0.00000898. The Bertz CT molecular complexity index is 2390. The van der Waals surface area contributed by atoms with Crippen LogP contribution < -0.4 is 27.3 Å². The number of aromatic hydroxyl groups is 1. The molecule has 15 nitrogen and oxygen atoms in total. The molecule has 2 amide bonds. The second-order valence-electron chi connectivity index (χ2n) is 17.2. The summed E-state index contributed by atoms with van der Waals surface area (Å²) in [5.74, 6) is -3.88. The lowest BCUT2D eigenvalue weighted by Crippen LogP contribution is -2.46. The Morgan fingerprint density at radius 1 is 1.00 bits per heavy atom. The van der Waals surface area contributed by atoms with E-state index < -0.39 is 47.3 Å². The van der Waals surface area contributed by atoms with Crippen LogP contribution in [0.25, 0.3) is 22.5 Å². The third kappa shape index (κ3) is 11.9. The topological polar surface area (TPSA) is 258 Å². The summed E-state index contributed by atoms with van der Waals surface area (Å²) < 4.78 is 6.00. The number of ketones is 3. The monoisotopic (exact) mass is 892 g/mol. The van der Waals surface area contributed by atoms with Crippen molar-refractivity contribution < 1.29 is 33.8 Å². The summed E-state index contributed by atoms with van der Waals surface area (Å²) in [6.45, 7) is 9.91. The van der Waals surface area contributed by atoms with Gasteiger partial charge in [0.1, 0.15) is 30.0 Å². The molecule has 1 aliphatic heterocycles. The molecule has 8 N–H and O–H groups in total. The highest BCUT2D eigenvalue weighted by molar-refractivity contribution is 7.59. The number of nitrogens with two attached hydrogens (primary N) is 3. The number of hydrogen-bond donors (Lipinski definition) is 5. The van der Waals surface area contributed by atoms with E-state index in [1.807, 2.05) is 30.3 Å². The Kier molecular flexibility index (Phi) is 17.3. The summed E-state index contributed by atoms with van der Waals surface area (Å²) in [6.07, 6.45) is -0.650. The molecule has 4 aromatic rings. The Hall–Kier alpha value is -6.15. The zero-order chi connectivity index (χ0) is 46.2. The van der Waals surface area contributed by atoms with Crippen molar-refractivity contribution in [2.75, 3.05) is 32.5 Å². The number of anilines is 1. The van der Waals surface area contributed by atoms with Crippen LogP contribution in [0.15, 0.2) is 60.7 Å². The van der Waals surface area contributed by atoms with Gasteiger partial charge in [0.25, 0.3) is 0 Å². The number of amides is 2. The number of hydrogen-bond acceptors (Lipinski definition) is 13. The number of Topliss-reactive ketones (excluding diaryl/α,β-unsaturated/α-hetero) is 3. The fraction of sp³-hybridized carbons (Fsp3) is 0.417. The van der Waals surface area contributed by atoms with Crippen LogP contribution in [0.5, 0.6) is 11.5 Å². The second kappa shape index (κ2) is 22.0. The first-order chi connectivity index (χ1) is 29.9. The van der Waals surface area contributed by atoms with Gasteiger partial charge < -0.3 is 37.3 Å². The van der Waals surface area contributed by atoms with Crippen LogP contribution in [0.3, 0.4) is 0 Å². The van der Waals surface area contributed by atoms with Crippen molar-refractivity contribution in [2.24, 2.45) is 23.3 Å². The van der Waals surface area contributed by atoms with E-state index in [0.29, 0.717) is 39.5 Å². The number of carbonyl (C=O) groups is 5. The molecular formula is C48H60N8O7S. The Morgan fingerprint density at radius 3 is 2.33 bits per heavy atom. The van der Waals surface area contributed by atoms with Gasteiger partial charge in [0.15, 0.2) is 23.2 Å². The van der Waals surface area contributed by atoms with Gasteiger partial charge in [-0.15, -0.1) is 0 Å². The van der Waals surface area contributed by atoms with Gasteiger partial charge in [0, 0.05) is 67.8 Å². The number of aromatic nitrogens is 2. The molecule has 0 fully saturated rings. The molecule has 64 heavy (non-hydrogen) atoms. The van der Waals surface area contributed by atoms with Gasteiger partial charge in [-0.2, -0.15) is 18.8 Å². The fourth-order valence-corrected chi connectivity index (χ4v) is 7.87. The third-order valence-electron chi connectivity index (χ3n) is 11.4. The largest absolute Gasteiger partial charge is 0.507 e. The van der Waals surface area contributed by atoms with E-state index in [2.05, 4.69) is 36.1 Å². The lowest BCUT2D eigenvalue weighted by atomic mass is 9.86. The van der Waals surface area contributed by atoms with Gasteiger partial charge in [-0.3, -0.25) is 24.0 Å². The number of nitrogens with one attached hydrogen (secondary N) is 1. The fourth-order valence-electron chi connectivity index (χ4n) is 7.87. The highest BCUT2D eigenvalue weighted by Gasteiger charge is 2.36. The second-order valence-corrected chi connectivity index (χ2v) is 17.2. The van der Waals surface area contributed by atoms with Crippen LogP contribution in [0, 0.1) is 30.1 Å². The van der Waals surface area contributed by atoms with Gasteiger partial charge in [-0.1, -0.05) is 64.1 Å². The van der Waals surface area contributed by atoms with Crippen molar-refractivity contribution in [3.63, 3.8) is 0 Å². The predicted octanol–water partition coefficient (Wildman–Crippen LogP) is 5.40. The molecule has 2 heterocycles. The van der Waals surface area contributed by atoms with Gasteiger partial charge in [0.05, 0.1) is 23.4 Å². The van der Waals surface area contributed by atoms with Crippen LogP contribution in [-0.2, 0) is 31.0 Å². The highest BCUT2D eigenvalue weighted by Crippen LogP contribution is 2.40. The van der Waals surface area contributed by atoms with E-state index in [0.717, 1.165) is 11.1 Å². The number of likely N-dealkylation sites (N-methyl/N-ethyl adjacent to an activating group) is 1. The predicted molar refractivity (Wildman–Crippen MR) is 250 cm³/mol. The molecule has 0 saturated carbocycles. The molecule has 1 aliphatic rings. The maximum Gasteiger partial charge on any atom is 0.226 e. The van der Waals surface area contributed by atoms with Crippen molar-refractivity contribution in [3.05, 3.63) is 88.6 Å². The van der Waals surface area contributed by atoms with E-state index in [9.17, 15) is 29.1 Å². The smallest absolute Gasteiger partial charge is 0.226 e. The first-order valence-electron chi connectivity index (χ1n) is 21.1. The van der Waals surface area contributed by atoms with E-state index >= 15 is 0 Å². The van der Waals surface area contributed by atoms with Crippen molar-refractivity contribution in [3.8, 4) is 40.1 Å². The maximum atomic E-state index is 14.7. The van der Waals surface area contributed by atoms with Crippen molar-refractivity contribution in [1.29, 1.82) is 5.26 Å². The number of benzene rings is 3. The number of fused-ring (bicyclic) bond motifs is 5. The lowest BCUT2D eigenvalue weighted by Gasteiger charge is -2.32. The summed E-state index contributed by atoms with van der Waals surface area (Å²) in [5, 5.41) is 23.2. The van der Waals surface area contributed by atoms with Crippen LogP contribution in [0.1, 0.15) is 98.6 Å². The van der Waals surface area contributed by atoms with E-state index in [1.54, 1.807) is 44.2 Å². The van der Waals surface area contributed by atoms with E-state index in [1.165, 1.54) is 18.0 Å². The summed E-state index contributed by atoms with van der Waals surface area (Å²) in [4.78, 5) is 80.7. The molecule has 0 aliphatic carbocycles. The number of carbonyl (C=O) groups excluding carboxylic acids is 5. The number of phenols is 1. The van der Waals surface area contributed by atoms with Crippen molar-refractivity contribution in [1.82, 2.24) is 20.2 Å². The van der Waals surface area contributed by atoms with E-state index in [-0.39, 0.29) is 100 Å². The van der Waals surface area contributed by atoms with Crippen LogP contribution in [0.4, 0.5) is 5.82 Å². The normalized spacial score (nSPS) is 16.9. The van der Waals surface area contributed by atoms with Gasteiger partial charge in [-0.05, 0) is 72.7 Å². The number of phenolic OH excluding ortho intramolecular Hbond substituents is 1. The van der Waals surface area contributed by atoms with Crippen molar-refractivity contribution >= 4 is 48.5 Å². The van der Waals surface area contributed by atoms with Crippen LogP contribution in [0.2, 0.25) is 0 Å². The zero-order valence-electron chi connectivity index (χ0n) is 37.4. The molecular weight excluding hydrogens is 833 g/mol. The molecule has 3 aromatic carbocycles. The minimum Gasteiger partial charge on any atom is -0.507 e. The molecule has 0 radical (unpaired) electrons. The Morgan fingerprint density at radius 2 is 1.70 bits per heavy atom. The first-order valence-corrected chi connectivity index (χ1v) is 21.1. The zero-order valence-corrected chi connectivity index (χ0v) is 38.4. The van der Waals surface area contributed by atoms with Crippen molar-refractivity contribution in [2.45, 2.75) is 90.6 Å². The van der Waals surface area contributed by atoms with Crippen LogP contribution in [-0.4, -0.2) is 81.9 Å². The maximum absolute atomic E-state index is 14.7. The molecule has 1 aromatic heterocycles. The SMILES string of the molecule is Cc1nc(-c2ccc(C(C)(C)C)cc2)nc(N)c1C(=O)C[C@@H](CCN)C(=O)N(C)[C@@H]1C(=O)C[C@@H](C)C(=O)N[C@H](C(=O)CCC#N)Cc2ccc(O)c(c2)-c2cc1ccc2OCCN.S. The summed E-state index contributed by atoms with van der Waals surface area (Å²) in [6, 6.07) is 17.1. The first kappa shape index (κ1) is 50.5. The average Bonchev–Trinajstić information content (AvgIpc) is 3.24. The quantitative estimate of drug-likeness (QED) is 0.0995. The molecule has 340 valence electrons. The number of rotatable bonds is 14. The Labute approximate surface area is 381 Å². The molecule has 4 atom stereocenters. The van der Waals surface area contributed by atoms with Gasteiger partial charge >= 0.3 is 0 Å². The number of aryl methyl sites for hydroxylation is 1. The molecule has 0 unspecified atom stereocenters. The summed E-state index contributed by atoms with van der Waals surface area (Å²) in [5.41, 5.74) is 22.1. The minimum absolute atomic E-state index is 0. The van der Waals surface area contributed by atoms with E-state index in [4.69, 9.17) is 27.2 Å². The van der Waals surface area contributed by atoms with Crippen LogP contribution >= 0.6 is 13.5 Å². The number of ether oxygens (including phenoxy) is 1. The summed E-state index contributed by atoms with van der Waals surface area (Å²) in [7, 11) is 1.45. The number of nitrogen functional groups attached to an aromatic ring is 1. The molecule has 4 bridgehead atoms. The lowest BCUT2D eigenvalue weighted by molar-refractivity contribution is -0.142. The molecule has 16 heteroatoms. The molecule has 0 spiro atoms. The highest BCUT2D eigenvalue weighted by atomic mass is 32.1. The third-order valence-corrected chi connectivity index (χ3v) is 11.4. The summed E-state index contributed by atoms with van der Waals surface area (Å²) >= 11 is 0. The molecule has 5 rings (SSSR count). The van der Waals surface area contributed by atoms with Gasteiger partial charge in [0.2, 0.25) is 11.8 Å². The number of nitriles is 1. The number of nitrogens with zero attached hydrogens (tertiary/aromatic N) is 4. The average molecular weight is 893 g/mol. The minimum atomic E-state index is -1.29.